The Morgan fingerprint density at radius 1 is 1.55 bits per heavy atom. The van der Waals surface area contributed by atoms with Gasteiger partial charge in [-0.25, -0.2) is 4.39 Å². The van der Waals surface area contributed by atoms with E-state index < -0.39 is 16.6 Å². The van der Waals surface area contributed by atoms with E-state index in [1.54, 1.807) is 11.8 Å². The van der Waals surface area contributed by atoms with Crippen molar-refractivity contribution in [2.45, 2.75) is 13.8 Å². The number of benzene rings is 1. The van der Waals surface area contributed by atoms with Crippen LogP contribution < -0.4 is 5.32 Å². The van der Waals surface area contributed by atoms with Crippen molar-refractivity contribution in [3.8, 4) is 0 Å². The summed E-state index contributed by atoms with van der Waals surface area (Å²) >= 11 is 1.65. The fourth-order valence-electron chi connectivity index (χ4n) is 1.73. The quantitative estimate of drug-likeness (QED) is 0.647. The molecule has 0 bridgehead atoms. The Morgan fingerprint density at radius 2 is 2.20 bits per heavy atom. The molecule has 1 rings (SSSR count). The summed E-state index contributed by atoms with van der Waals surface area (Å²) < 4.78 is 13.9. The number of nitrogens with one attached hydrogen (secondary N) is 1. The van der Waals surface area contributed by atoms with Crippen LogP contribution in [0.25, 0.3) is 0 Å². The highest BCUT2D eigenvalue weighted by Crippen LogP contribution is 2.21. The summed E-state index contributed by atoms with van der Waals surface area (Å²) in [6, 6.07) is 2.08. The minimum atomic E-state index is -0.717. The van der Waals surface area contributed by atoms with Crippen LogP contribution in [0, 0.1) is 28.8 Å². The molecule has 0 spiro atoms. The second-order valence-corrected chi connectivity index (χ2v) is 5.56. The standard InChI is InChI=1S/C13H17FN2O3S/c1-8(7-20-3)6-15-13(17)11-5-10(16(18)19)4-9(2)12(11)14/h4-5,8H,6-7H2,1-3H3,(H,15,17). The first kappa shape index (κ1) is 16.4. The average Bonchev–Trinajstić information content (AvgIpc) is 2.39. The first-order chi connectivity index (χ1) is 9.36. The van der Waals surface area contributed by atoms with Crippen molar-refractivity contribution in [3.05, 3.63) is 39.2 Å². The second kappa shape index (κ2) is 7.23. The van der Waals surface area contributed by atoms with Crippen LogP contribution in [0.15, 0.2) is 12.1 Å². The summed E-state index contributed by atoms with van der Waals surface area (Å²) in [5.74, 6) is -0.221. The number of rotatable bonds is 6. The van der Waals surface area contributed by atoms with E-state index in [-0.39, 0.29) is 22.7 Å². The van der Waals surface area contributed by atoms with Crippen LogP contribution in [0.4, 0.5) is 10.1 Å². The zero-order valence-corrected chi connectivity index (χ0v) is 12.4. The van der Waals surface area contributed by atoms with Crippen LogP contribution in [-0.4, -0.2) is 29.4 Å². The molecule has 1 N–H and O–H groups in total. The molecule has 1 atom stereocenters. The van der Waals surface area contributed by atoms with Crippen molar-refractivity contribution in [2.24, 2.45) is 5.92 Å². The predicted octanol–water partition coefficient (Wildman–Crippen LogP) is 2.77. The molecule has 1 amide bonds. The van der Waals surface area contributed by atoms with Crippen LogP contribution in [0.2, 0.25) is 0 Å². The Balaban J connectivity index is 2.89. The molecule has 0 radical (unpaired) electrons. The Labute approximate surface area is 121 Å². The molecule has 0 fully saturated rings. The van der Waals surface area contributed by atoms with Crippen molar-refractivity contribution < 1.29 is 14.1 Å². The first-order valence-corrected chi connectivity index (χ1v) is 7.47. The van der Waals surface area contributed by atoms with Crippen LogP contribution in [0.1, 0.15) is 22.8 Å². The Kier molecular flexibility index (Phi) is 5.94. The van der Waals surface area contributed by atoms with E-state index in [1.165, 1.54) is 6.92 Å². The molecule has 7 heteroatoms. The zero-order chi connectivity index (χ0) is 15.3. The van der Waals surface area contributed by atoms with Gasteiger partial charge in [0.2, 0.25) is 0 Å². The van der Waals surface area contributed by atoms with E-state index in [0.717, 1.165) is 17.9 Å². The fourth-order valence-corrected chi connectivity index (χ4v) is 2.41. The molecule has 0 aliphatic heterocycles. The number of nitrogens with zero attached hydrogens (tertiary/aromatic N) is 1. The molecule has 110 valence electrons. The van der Waals surface area contributed by atoms with Gasteiger partial charge < -0.3 is 5.32 Å². The number of aryl methyl sites for hydroxylation is 1. The summed E-state index contributed by atoms with van der Waals surface area (Å²) in [6.45, 7) is 3.77. The molecule has 0 aromatic heterocycles. The van der Waals surface area contributed by atoms with Gasteiger partial charge >= 0.3 is 0 Å². The van der Waals surface area contributed by atoms with Crippen LogP contribution in [-0.2, 0) is 0 Å². The number of hydrogen-bond acceptors (Lipinski definition) is 4. The number of amides is 1. The summed E-state index contributed by atoms with van der Waals surface area (Å²) in [5.41, 5.74) is -0.485. The molecule has 0 aliphatic carbocycles. The topological polar surface area (TPSA) is 72.2 Å². The maximum absolute atomic E-state index is 13.9. The lowest BCUT2D eigenvalue weighted by molar-refractivity contribution is -0.385. The van der Waals surface area contributed by atoms with Gasteiger partial charge in [-0.2, -0.15) is 11.8 Å². The molecule has 0 aliphatic rings. The highest BCUT2D eigenvalue weighted by molar-refractivity contribution is 7.98. The maximum Gasteiger partial charge on any atom is 0.270 e. The summed E-state index contributed by atoms with van der Waals surface area (Å²) in [4.78, 5) is 22.0. The van der Waals surface area contributed by atoms with E-state index in [9.17, 15) is 19.3 Å². The number of carbonyl (C=O) groups excluding carboxylic acids is 1. The minimum absolute atomic E-state index is 0.0847. The average molecular weight is 300 g/mol. The number of non-ortho nitro benzene ring substituents is 1. The third-order valence-corrected chi connectivity index (χ3v) is 3.66. The van der Waals surface area contributed by atoms with E-state index in [4.69, 9.17) is 0 Å². The predicted molar refractivity (Wildman–Crippen MR) is 77.7 cm³/mol. The van der Waals surface area contributed by atoms with Crippen molar-refractivity contribution in [3.63, 3.8) is 0 Å². The normalized spacial score (nSPS) is 12.0. The van der Waals surface area contributed by atoms with Gasteiger partial charge in [0, 0.05) is 18.7 Å². The smallest absolute Gasteiger partial charge is 0.270 e. The molecule has 5 nitrogen and oxygen atoms in total. The third kappa shape index (κ3) is 4.19. The maximum atomic E-state index is 13.9. The van der Waals surface area contributed by atoms with E-state index in [1.807, 2.05) is 13.2 Å². The largest absolute Gasteiger partial charge is 0.352 e. The highest BCUT2D eigenvalue weighted by atomic mass is 32.2. The van der Waals surface area contributed by atoms with Crippen molar-refractivity contribution in [1.29, 1.82) is 0 Å². The molecule has 1 aromatic carbocycles. The van der Waals surface area contributed by atoms with Crippen LogP contribution >= 0.6 is 11.8 Å². The number of hydrogen-bond donors (Lipinski definition) is 1. The number of thioether (sulfide) groups is 1. The molecule has 0 heterocycles. The van der Waals surface area contributed by atoms with E-state index >= 15 is 0 Å². The minimum Gasteiger partial charge on any atom is -0.352 e. The molecular formula is C13H17FN2O3S. The van der Waals surface area contributed by atoms with Gasteiger partial charge in [0.15, 0.2) is 0 Å². The SMILES string of the molecule is CSCC(C)CNC(=O)c1cc([N+](=O)[O-])cc(C)c1F. The van der Waals surface area contributed by atoms with Crippen LogP contribution in [0.3, 0.4) is 0 Å². The lowest BCUT2D eigenvalue weighted by atomic mass is 10.1. The van der Waals surface area contributed by atoms with Crippen molar-refractivity contribution >= 4 is 23.4 Å². The van der Waals surface area contributed by atoms with Gasteiger partial charge in [-0.1, -0.05) is 6.92 Å². The molecule has 0 saturated carbocycles. The van der Waals surface area contributed by atoms with Gasteiger partial charge in [0.05, 0.1) is 10.5 Å². The summed E-state index contributed by atoms with van der Waals surface area (Å²) in [5, 5.41) is 13.3. The van der Waals surface area contributed by atoms with Crippen LogP contribution in [0.5, 0.6) is 0 Å². The molecule has 1 aromatic rings. The summed E-state index contributed by atoms with van der Waals surface area (Å²) in [7, 11) is 0. The van der Waals surface area contributed by atoms with Gasteiger partial charge in [-0.3, -0.25) is 14.9 Å². The third-order valence-electron chi connectivity index (χ3n) is 2.76. The lowest BCUT2D eigenvalue weighted by Gasteiger charge is -2.12. The monoisotopic (exact) mass is 300 g/mol. The number of halogens is 1. The first-order valence-electron chi connectivity index (χ1n) is 6.08. The van der Waals surface area contributed by atoms with Gasteiger partial charge in [0.25, 0.3) is 11.6 Å². The van der Waals surface area contributed by atoms with Gasteiger partial charge in [0.1, 0.15) is 5.82 Å². The highest BCUT2D eigenvalue weighted by Gasteiger charge is 2.19. The van der Waals surface area contributed by atoms with E-state index in [2.05, 4.69) is 5.32 Å². The Bertz CT molecular complexity index is 523. The number of nitro benzene ring substituents is 1. The zero-order valence-electron chi connectivity index (χ0n) is 11.6. The number of nitro groups is 1. The fraction of sp³-hybridized carbons (Fsp3) is 0.462. The Hall–Kier alpha value is -1.63. The van der Waals surface area contributed by atoms with Crippen molar-refractivity contribution in [2.75, 3.05) is 18.6 Å². The van der Waals surface area contributed by atoms with E-state index in [0.29, 0.717) is 6.54 Å². The second-order valence-electron chi connectivity index (χ2n) is 4.65. The molecule has 20 heavy (non-hydrogen) atoms. The number of carbonyl (C=O) groups is 1. The molecule has 0 saturated heterocycles. The van der Waals surface area contributed by atoms with Gasteiger partial charge in [-0.15, -0.1) is 0 Å². The summed E-state index contributed by atoms with van der Waals surface area (Å²) in [6.07, 6.45) is 1.96. The lowest BCUT2D eigenvalue weighted by Crippen LogP contribution is -2.30. The molecule has 1 unspecified atom stereocenters. The molecular weight excluding hydrogens is 283 g/mol. The van der Waals surface area contributed by atoms with Gasteiger partial charge in [-0.05, 0) is 30.4 Å². The van der Waals surface area contributed by atoms with Crippen molar-refractivity contribution in [1.82, 2.24) is 5.32 Å². The Morgan fingerprint density at radius 3 is 2.75 bits per heavy atom.